The normalized spacial score (nSPS) is 14.4. The number of pyridine rings is 1. The van der Waals surface area contributed by atoms with Gasteiger partial charge in [-0.2, -0.15) is 13.2 Å². The van der Waals surface area contributed by atoms with Gasteiger partial charge in [0.15, 0.2) is 0 Å². The zero-order valence-corrected chi connectivity index (χ0v) is 19.1. The van der Waals surface area contributed by atoms with Crippen LogP contribution in [0, 0.1) is 12.8 Å². The molecule has 1 aromatic heterocycles. The number of aliphatic carboxylic acids is 1. The van der Waals surface area contributed by atoms with E-state index in [4.69, 9.17) is 5.11 Å². The average molecular weight is 483 g/mol. The topological polar surface area (TPSA) is 79.3 Å². The minimum atomic E-state index is -4.47. The second kappa shape index (κ2) is 9.90. The lowest BCUT2D eigenvalue weighted by atomic mass is 9.91. The largest absolute Gasteiger partial charge is 0.481 e. The summed E-state index contributed by atoms with van der Waals surface area (Å²) in [6, 6.07) is 13.5. The summed E-state index contributed by atoms with van der Waals surface area (Å²) in [4.78, 5) is 27.9. The van der Waals surface area contributed by atoms with Crippen molar-refractivity contribution < 1.29 is 27.9 Å². The smallest absolute Gasteiger partial charge is 0.417 e. The number of carboxylic acid groups (broad SMARTS) is 1. The second-order valence-electron chi connectivity index (χ2n) is 8.87. The number of carbonyl (C=O) groups excluding carboxylic acids is 1. The number of amides is 1. The van der Waals surface area contributed by atoms with Crippen molar-refractivity contribution in [1.29, 1.82) is 0 Å². The molecule has 1 aliphatic rings. The van der Waals surface area contributed by atoms with Gasteiger partial charge in [0.1, 0.15) is 0 Å². The lowest BCUT2D eigenvalue weighted by molar-refractivity contribution is -0.138. The molecule has 3 aromatic rings. The molecule has 0 saturated heterocycles. The van der Waals surface area contributed by atoms with E-state index < -0.39 is 17.7 Å². The Balaban J connectivity index is 1.54. The van der Waals surface area contributed by atoms with E-state index in [1.165, 1.54) is 6.20 Å². The van der Waals surface area contributed by atoms with Gasteiger partial charge in [-0.3, -0.25) is 14.6 Å². The first-order valence-corrected chi connectivity index (χ1v) is 11.4. The number of alkyl halides is 3. The Morgan fingerprint density at radius 2 is 1.80 bits per heavy atom. The summed E-state index contributed by atoms with van der Waals surface area (Å²) in [6.07, 6.45) is -0.0515. The van der Waals surface area contributed by atoms with Gasteiger partial charge >= 0.3 is 12.1 Å². The van der Waals surface area contributed by atoms with Gasteiger partial charge in [-0.1, -0.05) is 36.4 Å². The zero-order valence-electron chi connectivity index (χ0n) is 19.1. The van der Waals surface area contributed by atoms with Gasteiger partial charge in [-0.05, 0) is 66.5 Å². The van der Waals surface area contributed by atoms with Crippen molar-refractivity contribution in [2.45, 2.75) is 44.7 Å². The van der Waals surface area contributed by atoms with Gasteiger partial charge in [0.2, 0.25) is 5.91 Å². The molecule has 1 amide bonds. The number of hydrogen-bond acceptors (Lipinski definition) is 3. The van der Waals surface area contributed by atoms with Crippen molar-refractivity contribution >= 4 is 17.6 Å². The molecule has 35 heavy (non-hydrogen) atoms. The van der Waals surface area contributed by atoms with Crippen LogP contribution in [0.1, 0.15) is 47.4 Å². The molecule has 1 saturated carbocycles. The molecule has 1 heterocycles. The number of halogens is 3. The summed E-state index contributed by atoms with van der Waals surface area (Å²) in [5.41, 5.74) is 3.28. The standard InChI is InChI=1S/C27H25F3N2O3/c1-16-17(11-12-24(33)34)3-2-4-23(16)32-26(35)25(20-9-10-20)19-7-5-18(6-8-19)21-13-22(15-31-14-21)27(28,29)30/h2-8,13-15,20,25H,9-12H2,1H3,(H,32,35)(H,33,34)/t25-/m0/s1. The first kappa shape index (κ1) is 24.4. The molecule has 0 spiro atoms. The molecule has 1 atom stereocenters. The Morgan fingerprint density at radius 3 is 2.43 bits per heavy atom. The number of aryl methyl sites for hydroxylation is 1. The zero-order chi connectivity index (χ0) is 25.2. The van der Waals surface area contributed by atoms with Crippen LogP contribution in [0.4, 0.5) is 18.9 Å². The molecule has 0 radical (unpaired) electrons. The Hall–Kier alpha value is -3.68. The van der Waals surface area contributed by atoms with E-state index in [1.807, 2.05) is 13.0 Å². The summed E-state index contributed by atoms with van der Waals surface area (Å²) in [5, 5.41) is 12.0. The Labute approximate surface area is 201 Å². The van der Waals surface area contributed by atoms with Gasteiger partial charge in [0, 0.05) is 30.1 Å². The minimum absolute atomic E-state index is 0.0106. The number of hydrogen-bond donors (Lipinski definition) is 2. The molecule has 0 bridgehead atoms. The number of rotatable bonds is 8. The fourth-order valence-electron chi connectivity index (χ4n) is 4.24. The monoisotopic (exact) mass is 482 g/mol. The van der Waals surface area contributed by atoms with Gasteiger partial charge in [0.05, 0.1) is 11.5 Å². The van der Waals surface area contributed by atoms with Gasteiger partial charge in [-0.15, -0.1) is 0 Å². The average Bonchev–Trinajstić information content (AvgIpc) is 3.65. The van der Waals surface area contributed by atoms with E-state index in [9.17, 15) is 22.8 Å². The van der Waals surface area contributed by atoms with Crippen LogP contribution in [-0.4, -0.2) is 22.0 Å². The third-order valence-corrected chi connectivity index (χ3v) is 6.36. The molecule has 2 N–H and O–H groups in total. The van der Waals surface area contributed by atoms with Crippen LogP contribution < -0.4 is 5.32 Å². The maximum Gasteiger partial charge on any atom is 0.417 e. The lowest BCUT2D eigenvalue weighted by Gasteiger charge is -2.19. The quantitative estimate of drug-likeness (QED) is 0.399. The maximum atomic E-state index is 13.3. The van der Waals surface area contributed by atoms with Crippen molar-refractivity contribution in [2.75, 3.05) is 5.32 Å². The number of nitrogens with one attached hydrogen (secondary N) is 1. The highest BCUT2D eigenvalue weighted by Crippen LogP contribution is 2.44. The third-order valence-electron chi connectivity index (χ3n) is 6.36. The van der Waals surface area contributed by atoms with Gasteiger partial charge in [-0.25, -0.2) is 0 Å². The van der Waals surface area contributed by atoms with Crippen LogP contribution >= 0.6 is 0 Å². The molecule has 0 aliphatic heterocycles. The number of benzene rings is 2. The van der Waals surface area contributed by atoms with Crippen LogP contribution in [-0.2, 0) is 22.2 Å². The van der Waals surface area contributed by atoms with Crippen LogP contribution in [0.15, 0.2) is 60.9 Å². The predicted molar refractivity (Wildman–Crippen MR) is 126 cm³/mol. The Kier molecular flexibility index (Phi) is 6.91. The van der Waals surface area contributed by atoms with Crippen molar-refractivity contribution in [3.05, 3.63) is 83.2 Å². The highest BCUT2D eigenvalue weighted by Gasteiger charge is 2.37. The molecular formula is C27H25F3N2O3. The summed E-state index contributed by atoms with van der Waals surface area (Å²) in [7, 11) is 0. The number of carbonyl (C=O) groups is 2. The molecule has 8 heteroatoms. The first-order valence-electron chi connectivity index (χ1n) is 11.4. The van der Waals surface area contributed by atoms with Gasteiger partial charge < -0.3 is 10.4 Å². The molecule has 4 rings (SSSR count). The first-order chi connectivity index (χ1) is 16.6. The molecular weight excluding hydrogens is 457 g/mol. The summed E-state index contributed by atoms with van der Waals surface area (Å²) in [6.45, 7) is 1.86. The van der Waals surface area contributed by atoms with E-state index in [2.05, 4.69) is 10.3 Å². The van der Waals surface area contributed by atoms with Crippen molar-refractivity contribution in [2.24, 2.45) is 5.92 Å². The second-order valence-corrected chi connectivity index (χ2v) is 8.87. The summed E-state index contributed by atoms with van der Waals surface area (Å²) >= 11 is 0. The van der Waals surface area contributed by atoms with Crippen LogP contribution in [0.5, 0.6) is 0 Å². The molecule has 2 aromatic carbocycles. The van der Waals surface area contributed by atoms with Crippen LogP contribution in [0.25, 0.3) is 11.1 Å². The fourth-order valence-corrected chi connectivity index (χ4v) is 4.24. The maximum absolute atomic E-state index is 13.3. The third kappa shape index (κ3) is 5.88. The van der Waals surface area contributed by atoms with Crippen molar-refractivity contribution in [3.63, 3.8) is 0 Å². The van der Waals surface area contributed by atoms with E-state index >= 15 is 0 Å². The molecule has 1 aliphatic carbocycles. The van der Waals surface area contributed by atoms with E-state index in [0.29, 0.717) is 23.2 Å². The van der Waals surface area contributed by atoms with E-state index in [-0.39, 0.29) is 24.2 Å². The van der Waals surface area contributed by atoms with Crippen LogP contribution in [0.3, 0.4) is 0 Å². The van der Waals surface area contributed by atoms with Crippen molar-refractivity contribution in [1.82, 2.24) is 4.98 Å². The van der Waals surface area contributed by atoms with Gasteiger partial charge in [0.25, 0.3) is 0 Å². The lowest BCUT2D eigenvalue weighted by Crippen LogP contribution is -2.23. The van der Waals surface area contributed by atoms with Crippen molar-refractivity contribution in [3.8, 4) is 11.1 Å². The molecule has 5 nitrogen and oxygen atoms in total. The highest BCUT2D eigenvalue weighted by molar-refractivity contribution is 5.97. The van der Waals surface area contributed by atoms with Crippen LogP contribution in [0.2, 0.25) is 0 Å². The SMILES string of the molecule is Cc1c(CCC(=O)O)cccc1NC(=O)[C@@H](c1ccc(-c2cncc(C(F)(F)F)c2)cc1)C1CC1. The minimum Gasteiger partial charge on any atom is -0.481 e. The van der Waals surface area contributed by atoms with E-state index in [1.54, 1.807) is 36.4 Å². The fraction of sp³-hybridized carbons (Fsp3) is 0.296. The summed E-state index contributed by atoms with van der Waals surface area (Å²) in [5.74, 6) is -1.21. The Bertz CT molecular complexity index is 1240. The highest BCUT2D eigenvalue weighted by atomic mass is 19.4. The molecule has 1 fully saturated rings. The van der Waals surface area contributed by atoms with E-state index in [0.717, 1.165) is 41.8 Å². The number of nitrogens with zero attached hydrogens (tertiary/aromatic N) is 1. The predicted octanol–water partition coefficient (Wildman–Crippen LogP) is 6.23. The summed E-state index contributed by atoms with van der Waals surface area (Å²) < 4.78 is 39.1. The Morgan fingerprint density at radius 1 is 1.09 bits per heavy atom. The number of anilines is 1. The molecule has 0 unspecified atom stereocenters. The molecule has 182 valence electrons. The number of aromatic nitrogens is 1. The number of carboxylic acids is 1.